The standard InChI is InChI=1S/C17H14ClN3O/c1-22-14-5-2-12(3-6-14)11-20-21-16-8-9-19-17-10-13(18)4-7-15(16)17/h2-11H,1H3,(H,19,21)/b20-11-. The lowest BCUT2D eigenvalue weighted by Gasteiger charge is -2.05. The number of hydrazone groups is 1. The fourth-order valence-corrected chi connectivity index (χ4v) is 2.25. The third kappa shape index (κ3) is 3.18. The number of anilines is 1. The summed E-state index contributed by atoms with van der Waals surface area (Å²) in [6, 6.07) is 15.1. The first-order valence-electron chi connectivity index (χ1n) is 6.74. The molecule has 110 valence electrons. The highest BCUT2D eigenvalue weighted by Gasteiger charge is 2.01. The van der Waals surface area contributed by atoms with Crippen LogP contribution in [0.1, 0.15) is 5.56 Å². The molecule has 2 aromatic carbocycles. The molecule has 3 rings (SSSR count). The van der Waals surface area contributed by atoms with Crippen LogP contribution in [-0.2, 0) is 0 Å². The quantitative estimate of drug-likeness (QED) is 0.576. The topological polar surface area (TPSA) is 46.5 Å². The van der Waals surface area contributed by atoms with Gasteiger partial charge in [-0.1, -0.05) is 11.6 Å². The predicted octanol–water partition coefficient (Wildman–Crippen LogP) is 4.34. The van der Waals surface area contributed by atoms with Crippen LogP contribution in [0.2, 0.25) is 5.02 Å². The normalized spacial score (nSPS) is 11.0. The maximum absolute atomic E-state index is 5.98. The minimum atomic E-state index is 0.666. The Morgan fingerprint density at radius 3 is 2.73 bits per heavy atom. The number of benzene rings is 2. The minimum absolute atomic E-state index is 0.666. The number of halogens is 1. The second-order valence-electron chi connectivity index (χ2n) is 4.66. The molecule has 0 aliphatic heterocycles. The molecule has 0 amide bonds. The van der Waals surface area contributed by atoms with Gasteiger partial charge in [-0.15, -0.1) is 0 Å². The van der Waals surface area contributed by atoms with E-state index >= 15 is 0 Å². The van der Waals surface area contributed by atoms with Gasteiger partial charge >= 0.3 is 0 Å². The zero-order valence-electron chi connectivity index (χ0n) is 12.0. The van der Waals surface area contributed by atoms with Crippen molar-refractivity contribution in [2.24, 2.45) is 5.10 Å². The SMILES string of the molecule is COc1ccc(/C=N\Nc2ccnc3cc(Cl)ccc23)cc1. The number of aromatic nitrogens is 1. The van der Waals surface area contributed by atoms with Gasteiger partial charge in [0.05, 0.1) is 24.5 Å². The number of methoxy groups -OCH3 is 1. The molecular formula is C17H14ClN3O. The van der Waals surface area contributed by atoms with Gasteiger partial charge in [0.2, 0.25) is 0 Å². The molecular weight excluding hydrogens is 298 g/mol. The Morgan fingerprint density at radius 2 is 1.95 bits per heavy atom. The van der Waals surface area contributed by atoms with Crippen LogP contribution < -0.4 is 10.2 Å². The molecule has 0 atom stereocenters. The summed E-state index contributed by atoms with van der Waals surface area (Å²) in [7, 11) is 1.64. The van der Waals surface area contributed by atoms with Crippen molar-refractivity contribution in [2.75, 3.05) is 12.5 Å². The van der Waals surface area contributed by atoms with Crippen LogP contribution in [0.15, 0.2) is 59.8 Å². The highest BCUT2D eigenvalue weighted by atomic mass is 35.5. The van der Waals surface area contributed by atoms with E-state index in [1.54, 1.807) is 19.5 Å². The van der Waals surface area contributed by atoms with Gasteiger partial charge in [-0.3, -0.25) is 10.4 Å². The minimum Gasteiger partial charge on any atom is -0.497 e. The Balaban J connectivity index is 1.79. The van der Waals surface area contributed by atoms with Gasteiger partial charge in [-0.05, 0) is 54.1 Å². The van der Waals surface area contributed by atoms with E-state index in [4.69, 9.17) is 16.3 Å². The first kappa shape index (κ1) is 14.4. The van der Waals surface area contributed by atoms with E-state index in [2.05, 4.69) is 15.5 Å². The summed E-state index contributed by atoms with van der Waals surface area (Å²) in [5.41, 5.74) is 5.73. The van der Waals surface area contributed by atoms with Gasteiger partial charge in [-0.25, -0.2) is 0 Å². The van der Waals surface area contributed by atoms with E-state index < -0.39 is 0 Å². The van der Waals surface area contributed by atoms with Crippen molar-refractivity contribution in [3.63, 3.8) is 0 Å². The largest absolute Gasteiger partial charge is 0.497 e. The molecule has 0 unspecified atom stereocenters. The smallest absolute Gasteiger partial charge is 0.118 e. The predicted molar refractivity (Wildman–Crippen MR) is 91.0 cm³/mol. The average Bonchev–Trinajstić information content (AvgIpc) is 2.55. The molecule has 0 aliphatic carbocycles. The number of nitrogens with one attached hydrogen (secondary N) is 1. The molecule has 0 radical (unpaired) electrons. The summed E-state index contributed by atoms with van der Waals surface area (Å²) in [4.78, 5) is 4.30. The van der Waals surface area contributed by atoms with E-state index in [-0.39, 0.29) is 0 Å². The van der Waals surface area contributed by atoms with Gasteiger partial charge in [0, 0.05) is 16.6 Å². The molecule has 0 spiro atoms. The molecule has 0 saturated heterocycles. The van der Waals surface area contributed by atoms with E-state index in [0.29, 0.717) is 5.02 Å². The highest BCUT2D eigenvalue weighted by Crippen LogP contribution is 2.24. The zero-order valence-corrected chi connectivity index (χ0v) is 12.7. The zero-order chi connectivity index (χ0) is 15.4. The van der Waals surface area contributed by atoms with Crippen molar-refractivity contribution in [2.45, 2.75) is 0 Å². The maximum atomic E-state index is 5.98. The molecule has 22 heavy (non-hydrogen) atoms. The van der Waals surface area contributed by atoms with Crippen LogP contribution in [0.5, 0.6) is 5.75 Å². The van der Waals surface area contributed by atoms with Crippen LogP contribution in [0.3, 0.4) is 0 Å². The third-order valence-electron chi connectivity index (χ3n) is 3.22. The number of hydrogen-bond acceptors (Lipinski definition) is 4. The van der Waals surface area contributed by atoms with Crippen molar-refractivity contribution < 1.29 is 4.74 Å². The van der Waals surface area contributed by atoms with E-state index in [0.717, 1.165) is 27.9 Å². The summed E-state index contributed by atoms with van der Waals surface area (Å²) in [5, 5.41) is 5.90. The van der Waals surface area contributed by atoms with Gasteiger partial charge in [0.15, 0.2) is 0 Å². The highest BCUT2D eigenvalue weighted by molar-refractivity contribution is 6.31. The lowest BCUT2D eigenvalue weighted by molar-refractivity contribution is 0.415. The number of fused-ring (bicyclic) bond motifs is 1. The molecule has 4 nitrogen and oxygen atoms in total. The van der Waals surface area contributed by atoms with Crippen molar-refractivity contribution >= 4 is 34.4 Å². The van der Waals surface area contributed by atoms with Crippen LogP contribution in [0, 0.1) is 0 Å². The second kappa shape index (κ2) is 6.45. The molecule has 3 aromatic rings. The molecule has 0 fully saturated rings. The summed E-state index contributed by atoms with van der Waals surface area (Å²) < 4.78 is 5.12. The van der Waals surface area contributed by atoms with Gasteiger partial charge in [-0.2, -0.15) is 5.10 Å². The lowest BCUT2D eigenvalue weighted by Crippen LogP contribution is -1.93. The van der Waals surface area contributed by atoms with E-state index in [1.807, 2.05) is 48.5 Å². The second-order valence-corrected chi connectivity index (χ2v) is 5.10. The molecule has 5 heteroatoms. The monoisotopic (exact) mass is 311 g/mol. The van der Waals surface area contributed by atoms with Crippen molar-refractivity contribution in [1.29, 1.82) is 0 Å². The molecule has 0 saturated carbocycles. The summed E-state index contributed by atoms with van der Waals surface area (Å²) in [6.45, 7) is 0. The fourth-order valence-electron chi connectivity index (χ4n) is 2.09. The Kier molecular flexibility index (Phi) is 4.21. The Morgan fingerprint density at radius 1 is 1.14 bits per heavy atom. The lowest BCUT2D eigenvalue weighted by atomic mass is 10.2. The Bertz CT molecular complexity index is 816. The molecule has 0 aliphatic rings. The summed E-state index contributed by atoms with van der Waals surface area (Å²) in [5.74, 6) is 0.821. The first-order valence-corrected chi connectivity index (χ1v) is 7.11. The van der Waals surface area contributed by atoms with Gasteiger partial charge in [0.1, 0.15) is 5.75 Å². The van der Waals surface area contributed by atoms with Gasteiger partial charge < -0.3 is 4.74 Å². The number of rotatable bonds is 4. The van der Waals surface area contributed by atoms with Crippen molar-refractivity contribution in [3.8, 4) is 5.75 Å². The first-order chi connectivity index (χ1) is 10.8. The maximum Gasteiger partial charge on any atom is 0.118 e. The summed E-state index contributed by atoms with van der Waals surface area (Å²) >= 11 is 5.98. The van der Waals surface area contributed by atoms with E-state index in [1.165, 1.54) is 0 Å². The van der Waals surface area contributed by atoms with Crippen molar-refractivity contribution in [3.05, 3.63) is 65.3 Å². The number of pyridine rings is 1. The van der Waals surface area contributed by atoms with Crippen LogP contribution in [0.4, 0.5) is 5.69 Å². The van der Waals surface area contributed by atoms with Crippen molar-refractivity contribution in [1.82, 2.24) is 4.98 Å². The Labute approximate surface area is 133 Å². The number of ether oxygens (including phenoxy) is 1. The average molecular weight is 312 g/mol. The third-order valence-corrected chi connectivity index (χ3v) is 3.45. The molecule has 0 bridgehead atoms. The number of nitrogens with zero attached hydrogens (tertiary/aromatic N) is 2. The molecule has 1 aromatic heterocycles. The van der Waals surface area contributed by atoms with Gasteiger partial charge in [0.25, 0.3) is 0 Å². The molecule has 1 N–H and O–H groups in total. The summed E-state index contributed by atoms with van der Waals surface area (Å²) in [6.07, 6.45) is 3.48. The molecule has 1 heterocycles. The number of hydrogen-bond donors (Lipinski definition) is 1. The van der Waals surface area contributed by atoms with Crippen LogP contribution >= 0.6 is 11.6 Å². The van der Waals surface area contributed by atoms with E-state index in [9.17, 15) is 0 Å². The van der Waals surface area contributed by atoms with Crippen LogP contribution in [0.25, 0.3) is 10.9 Å². The fraction of sp³-hybridized carbons (Fsp3) is 0.0588. The van der Waals surface area contributed by atoms with Crippen LogP contribution in [-0.4, -0.2) is 18.3 Å². The Hall–Kier alpha value is -2.59.